The lowest BCUT2D eigenvalue weighted by molar-refractivity contribution is -0.134. The van der Waals surface area contributed by atoms with Crippen molar-refractivity contribution in [2.75, 3.05) is 17.2 Å². The summed E-state index contributed by atoms with van der Waals surface area (Å²) < 4.78 is 0. The zero-order chi connectivity index (χ0) is 28.9. The van der Waals surface area contributed by atoms with Crippen LogP contribution in [-0.2, 0) is 32.6 Å². The summed E-state index contributed by atoms with van der Waals surface area (Å²) in [6.45, 7) is 5.72. The van der Waals surface area contributed by atoms with Gasteiger partial charge in [0.1, 0.15) is 23.7 Å². The first kappa shape index (κ1) is 27.1. The molecule has 1 aliphatic carbocycles. The minimum Gasteiger partial charge on any atom is -0.325 e. The zero-order valence-corrected chi connectivity index (χ0v) is 24.1. The Morgan fingerprint density at radius 2 is 1.90 bits per heavy atom. The third-order valence-electron chi connectivity index (χ3n) is 8.68. The highest BCUT2D eigenvalue weighted by Crippen LogP contribution is 2.47. The molecule has 2 atom stereocenters. The van der Waals surface area contributed by atoms with Crippen LogP contribution in [0, 0.1) is 6.92 Å². The average molecular weight is 570 g/mol. The van der Waals surface area contributed by atoms with Crippen LogP contribution in [0.5, 0.6) is 0 Å². The average Bonchev–Trinajstić information content (AvgIpc) is 3.55. The van der Waals surface area contributed by atoms with Crippen molar-refractivity contribution in [3.63, 3.8) is 0 Å². The van der Waals surface area contributed by atoms with E-state index >= 15 is 0 Å². The second-order valence-electron chi connectivity index (χ2n) is 11.2. The van der Waals surface area contributed by atoms with Crippen molar-refractivity contribution in [3.8, 4) is 0 Å². The molecule has 3 aromatic rings. The summed E-state index contributed by atoms with van der Waals surface area (Å²) in [4.78, 5) is 51.0. The SMILES string of the molecule is CCCC1(CC)N=C(c2c(C)cccc2Cl)N(CC(=O)Nc2ccc3c(c2)CC2(C3)C(=O)Nc3ncccc32)C1=O. The summed E-state index contributed by atoms with van der Waals surface area (Å²) in [5.74, 6) is 0.501. The second kappa shape index (κ2) is 10.1. The molecule has 0 fully saturated rings. The van der Waals surface area contributed by atoms with E-state index in [1.807, 2.05) is 63.2 Å². The molecule has 3 heterocycles. The number of amidine groups is 1. The molecule has 9 heteroatoms. The normalized spacial score (nSPS) is 22.5. The van der Waals surface area contributed by atoms with Crippen molar-refractivity contribution in [1.29, 1.82) is 0 Å². The topological polar surface area (TPSA) is 104 Å². The van der Waals surface area contributed by atoms with E-state index in [-0.39, 0.29) is 24.3 Å². The molecular weight excluding hydrogens is 538 g/mol. The standard InChI is InChI=1S/C32H32ClN5O3/c1-4-13-32(5-2)30(41)38(28(37-32)26-19(3)8-6-10-24(26)33)18-25(39)35-22-12-11-20-16-31(17-21(20)15-22)23-9-7-14-34-27(23)36-29(31)40/h6-12,14-15H,4-5,13,16-18H2,1-3H3,(H,35,39)(H,34,36,40). The number of aromatic nitrogens is 1. The van der Waals surface area contributed by atoms with Crippen molar-refractivity contribution >= 4 is 46.7 Å². The van der Waals surface area contributed by atoms with Gasteiger partial charge in [-0.25, -0.2) is 4.98 Å². The first-order valence-electron chi connectivity index (χ1n) is 14.1. The number of aliphatic imine (C=N–C) groups is 1. The molecule has 2 aliphatic heterocycles. The lowest BCUT2D eigenvalue weighted by atomic mass is 9.79. The van der Waals surface area contributed by atoms with E-state index < -0.39 is 11.0 Å². The number of carbonyl (C=O) groups is 3. The smallest absolute Gasteiger partial charge is 0.256 e. The summed E-state index contributed by atoms with van der Waals surface area (Å²) in [6.07, 6.45) is 4.69. The van der Waals surface area contributed by atoms with Crippen molar-refractivity contribution < 1.29 is 14.4 Å². The highest BCUT2D eigenvalue weighted by atomic mass is 35.5. The van der Waals surface area contributed by atoms with E-state index in [4.69, 9.17) is 16.6 Å². The molecule has 0 bridgehead atoms. The van der Waals surface area contributed by atoms with Gasteiger partial charge < -0.3 is 10.6 Å². The summed E-state index contributed by atoms with van der Waals surface area (Å²) in [5, 5.41) is 6.39. The number of halogens is 1. The third-order valence-corrected chi connectivity index (χ3v) is 8.99. The molecule has 1 spiro atoms. The summed E-state index contributed by atoms with van der Waals surface area (Å²) in [5.41, 5.74) is 3.57. The number of amides is 3. The van der Waals surface area contributed by atoms with Gasteiger partial charge in [0.15, 0.2) is 0 Å². The molecular formula is C32H32ClN5O3. The van der Waals surface area contributed by atoms with Crippen molar-refractivity contribution in [1.82, 2.24) is 9.88 Å². The summed E-state index contributed by atoms with van der Waals surface area (Å²) in [6, 6.07) is 15.1. The fourth-order valence-corrected chi connectivity index (χ4v) is 6.89. The Bertz CT molecular complexity index is 1620. The molecule has 2 N–H and O–H groups in total. The first-order valence-corrected chi connectivity index (χ1v) is 14.4. The molecule has 0 saturated carbocycles. The molecule has 8 nitrogen and oxygen atoms in total. The lowest BCUT2D eigenvalue weighted by Gasteiger charge is -2.25. The maximum atomic E-state index is 13.8. The van der Waals surface area contributed by atoms with Crippen LogP contribution in [0.2, 0.25) is 5.02 Å². The highest BCUT2D eigenvalue weighted by Gasteiger charge is 2.51. The molecule has 210 valence electrons. The number of hydrogen-bond donors (Lipinski definition) is 2. The van der Waals surface area contributed by atoms with Gasteiger partial charge in [-0.05, 0) is 73.6 Å². The van der Waals surface area contributed by atoms with Crippen LogP contribution in [-0.4, -0.2) is 45.5 Å². The molecule has 0 saturated heterocycles. The quantitative estimate of drug-likeness (QED) is 0.408. The Morgan fingerprint density at radius 3 is 2.66 bits per heavy atom. The van der Waals surface area contributed by atoms with Gasteiger partial charge in [-0.1, -0.05) is 56.1 Å². The molecule has 3 amide bonds. The highest BCUT2D eigenvalue weighted by molar-refractivity contribution is 6.35. The molecule has 0 radical (unpaired) electrons. The number of anilines is 2. The van der Waals surface area contributed by atoms with Crippen LogP contribution < -0.4 is 10.6 Å². The van der Waals surface area contributed by atoms with Crippen LogP contribution in [0.15, 0.2) is 59.7 Å². The molecule has 6 rings (SSSR count). The van der Waals surface area contributed by atoms with Gasteiger partial charge in [-0.3, -0.25) is 24.3 Å². The monoisotopic (exact) mass is 569 g/mol. The minimum atomic E-state index is -0.912. The van der Waals surface area contributed by atoms with Gasteiger partial charge >= 0.3 is 0 Å². The lowest BCUT2D eigenvalue weighted by Crippen LogP contribution is -2.45. The maximum absolute atomic E-state index is 13.8. The second-order valence-corrected chi connectivity index (χ2v) is 11.6. The number of pyridine rings is 1. The van der Waals surface area contributed by atoms with Gasteiger partial charge in [0.25, 0.3) is 5.91 Å². The van der Waals surface area contributed by atoms with Crippen LogP contribution in [0.3, 0.4) is 0 Å². The Morgan fingerprint density at radius 1 is 1.10 bits per heavy atom. The maximum Gasteiger partial charge on any atom is 0.256 e. The number of hydrogen-bond acceptors (Lipinski definition) is 5. The van der Waals surface area contributed by atoms with E-state index in [2.05, 4.69) is 15.6 Å². The largest absolute Gasteiger partial charge is 0.325 e. The van der Waals surface area contributed by atoms with Crippen LogP contribution in [0.1, 0.15) is 60.9 Å². The number of fused-ring (bicyclic) bond motifs is 3. The number of nitrogens with one attached hydrogen (secondary N) is 2. The molecule has 2 unspecified atom stereocenters. The third kappa shape index (κ3) is 4.32. The van der Waals surface area contributed by atoms with Gasteiger partial charge in [0.05, 0.1) is 10.4 Å². The van der Waals surface area contributed by atoms with E-state index in [0.29, 0.717) is 53.6 Å². The Labute approximate surface area is 244 Å². The number of benzene rings is 2. The number of carbonyl (C=O) groups excluding carboxylic acids is 3. The number of aryl methyl sites for hydroxylation is 1. The van der Waals surface area contributed by atoms with Gasteiger partial charge in [0, 0.05) is 23.0 Å². The molecule has 41 heavy (non-hydrogen) atoms. The van der Waals surface area contributed by atoms with Crippen molar-refractivity contribution in [3.05, 3.63) is 87.6 Å². The number of rotatable bonds is 7. The van der Waals surface area contributed by atoms with Crippen LogP contribution in [0.25, 0.3) is 0 Å². The molecule has 3 aliphatic rings. The van der Waals surface area contributed by atoms with Gasteiger partial charge in [-0.15, -0.1) is 0 Å². The van der Waals surface area contributed by atoms with Crippen LogP contribution >= 0.6 is 11.6 Å². The van der Waals surface area contributed by atoms with Gasteiger partial charge in [-0.2, -0.15) is 0 Å². The van der Waals surface area contributed by atoms with Crippen molar-refractivity contribution in [2.24, 2.45) is 4.99 Å². The van der Waals surface area contributed by atoms with E-state index in [1.165, 1.54) is 4.90 Å². The van der Waals surface area contributed by atoms with E-state index in [9.17, 15) is 14.4 Å². The Kier molecular flexibility index (Phi) is 6.69. The van der Waals surface area contributed by atoms with E-state index in [0.717, 1.165) is 28.7 Å². The van der Waals surface area contributed by atoms with Crippen molar-refractivity contribution in [2.45, 2.75) is 63.8 Å². The zero-order valence-electron chi connectivity index (χ0n) is 23.4. The van der Waals surface area contributed by atoms with Crippen LogP contribution in [0.4, 0.5) is 11.5 Å². The Hall–Kier alpha value is -4.04. The van der Waals surface area contributed by atoms with Gasteiger partial charge in [0.2, 0.25) is 11.8 Å². The van der Waals surface area contributed by atoms with E-state index in [1.54, 1.807) is 12.3 Å². The Balaban J connectivity index is 1.25. The number of nitrogens with zero attached hydrogens (tertiary/aromatic N) is 3. The predicted octanol–water partition coefficient (Wildman–Crippen LogP) is 5.21. The fraction of sp³-hybridized carbons (Fsp3) is 0.344. The molecule has 1 aromatic heterocycles. The minimum absolute atomic E-state index is 0.0475. The fourth-order valence-electron chi connectivity index (χ4n) is 6.58. The summed E-state index contributed by atoms with van der Waals surface area (Å²) in [7, 11) is 0. The summed E-state index contributed by atoms with van der Waals surface area (Å²) >= 11 is 6.60. The first-order chi connectivity index (χ1) is 19.7. The molecule has 2 aromatic carbocycles. The predicted molar refractivity (Wildman–Crippen MR) is 159 cm³/mol.